The van der Waals surface area contributed by atoms with Gasteiger partial charge in [-0.05, 0) is 23.8 Å². The minimum Gasteiger partial charge on any atom is -0.478 e. The van der Waals surface area contributed by atoms with Crippen LogP contribution < -0.4 is 0 Å². The fourth-order valence-corrected chi connectivity index (χ4v) is 1.59. The molecule has 0 amide bonds. The van der Waals surface area contributed by atoms with Crippen molar-refractivity contribution in [3.8, 4) is 0 Å². The summed E-state index contributed by atoms with van der Waals surface area (Å²) in [4.78, 5) is 21.5. The lowest BCUT2D eigenvalue weighted by atomic mass is 10.1. The maximum Gasteiger partial charge on any atom is 0.342 e. The smallest absolute Gasteiger partial charge is 0.342 e. The molecule has 1 N–H and O–H groups in total. The third-order valence-corrected chi connectivity index (χ3v) is 2.61. The number of carboxylic acids is 1. The molecule has 0 spiro atoms. The fraction of sp³-hybridized carbons (Fsp3) is 0. The van der Waals surface area contributed by atoms with Crippen LogP contribution in [0.4, 0.5) is 0 Å². The number of aromatic carboxylic acids is 1. The fourth-order valence-electron chi connectivity index (χ4n) is 1.59. The van der Waals surface area contributed by atoms with E-state index >= 15 is 0 Å². The van der Waals surface area contributed by atoms with Gasteiger partial charge in [-0.2, -0.15) is 0 Å². The molecule has 4 nitrogen and oxygen atoms in total. The summed E-state index contributed by atoms with van der Waals surface area (Å²) in [5.41, 5.74) is 1.48. The van der Waals surface area contributed by atoms with Crippen LogP contribution in [0.5, 0.6) is 0 Å². The molecule has 0 atom stereocenters. The van der Waals surface area contributed by atoms with Crippen LogP contribution in [-0.4, -0.2) is 17.0 Å². The summed E-state index contributed by atoms with van der Waals surface area (Å²) in [6.45, 7) is 6.79. The molecule has 2 aromatic carbocycles. The maximum atomic E-state index is 11.0. The minimum absolute atomic E-state index is 0.294. The summed E-state index contributed by atoms with van der Waals surface area (Å²) >= 11 is 0. The second-order valence-corrected chi connectivity index (χ2v) is 4.03. The van der Waals surface area contributed by atoms with Gasteiger partial charge in [0, 0.05) is 0 Å². The van der Waals surface area contributed by atoms with E-state index < -0.39 is 5.97 Å². The van der Waals surface area contributed by atoms with E-state index in [0.29, 0.717) is 16.7 Å². The summed E-state index contributed by atoms with van der Waals surface area (Å²) in [5, 5.41) is 8.65. The van der Waals surface area contributed by atoms with Gasteiger partial charge in [0.1, 0.15) is 0 Å². The lowest BCUT2D eigenvalue weighted by Gasteiger charge is -1.97. The average molecular weight is 296 g/mol. The van der Waals surface area contributed by atoms with E-state index in [-0.39, 0.29) is 5.97 Å². The first kappa shape index (κ1) is 16.9. The van der Waals surface area contributed by atoms with Crippen molar-refractivity contribution >= 4 is 18.0 Å². The Kier molecular flexibility index (Phi) is 6.86. The van der Waals surface area contributed by atoms with Gasteiger partial charge in [-0.1, -0.05) is 55.6 Å². The molecule has 0 aromatic heterocycles. The van der Waals surface area contributed by atoms with Crippen molar-refractivity contribution in [1.29, 1.82) is 0 Å². The minimum atomic E-state index is -0.916. The lowest BCUT2D eigenvalue weighted by molar-refractivity contribution is 0.0661. The number of rotatable bonds is 4. The quantitative estimate of drug-likeness (QED) is 0.684. The molecular formula is C18H16O4. The molecule has 0 bridgehead atoms. The van der Waals surface area contributed by atoms with Gasteiger partial charge in [-0.25, -0.2) is 9.59 Å². The third kappa shape index (κ3) is 5.09. The Morgan fingerprint density at radius 3 is 2.05 bits per heavy atom. The summed E-state index contributed by atoms with van der Waals surface area (Å²) in [6.07, 6.45) is 2.65. The summed E-state index contributed by atoms with van der Waals surface area (Å²) < 4.78 is 4.55. The van der Waals surface area contributed by atoms with Crippen molar-refractivity contribution in [2.75, 3.05) is 0 Å². The highest BCUT2D eigenvalue weighted by molar-refractivity contribution is 5.92. The number of benzene rings is 2. The molecule has 0 aliphatic heterocycles. The van der Waals surface area contributed by atoms with E-state index in [1.807, 2.05) is 6.07 Å². The number of carbonyl (C=O) groups excluding carboxylic acids is 1. The monoisotopic (exact) mass is 296 g/mol. The highest BCUT2D eigenvalue weighted by atomic mass is 16.5. The van der Waals surface area contributed by atoms with Crippen LogP contribution >= 0.6 is 0 Å². The maximum absolute atomic E-state index is 11.0. The number of hydrogen-bond acceptors (Lipinski definition) is 3. The van der Waals surface area contributed by atoms with Crippen LogP contribution in [0.3, 0.4) is 0 Å². The van der Waals surface area contributed by atoms with Gasteiger partial charge in [0.15, 0.2) is 0 Å². The number of hydrogen-bond donors (Lipinski definition) is 1. The van der Waals surface area contributed by atoms with Gasteiger partial charge in [-0.15, -0.1) is 0 Å². The molecule has 0 radical (unpaired) electrons. The molecule has 0 aliphatic rings. The number of ether oxygens (including phenoxy) is 1. The molecule has 0 fully saturated rings. The first-order valence-electron chi connectivity index (χ1n) is 6.41. The predicted molar refractivity (Wildman–Crippen MR) is 85.5 cm³/mol. The second kappa shape index (κ2) is 8.92. The van der Waals surface area contributed by atoms with E-state index in [9.17, 15) is 9.59 Å². The van der Waals surface area contributed by atoms with Crippen LogP contribution in [0.25, 0.3) is 6.08 Å². The molecule has 112 valence electrons. The standard InChI is InChI=1S/2C9H8O2/c1-2-11-9(10)8-6-4-3-5-7-8;1-2-7-5-3-4-6-8(7)9(10)11/h2-7H,1H2;2-6H,1H2,(H,10,11). The van der Waals surface area contributed by atoms with Crippen LogP contribution in [0.15, 0.2) is 74.0 Å². The van der Waals surface area contributed by atoms with Crippen molar-refractivity contribution < 1.29 is 19.4 Å². The third-order valence-electron chi connectivity index (χ3n) is 2.61. The van der Waals surface area contributed by atoms with Crippen molar-refractivity contribution in [2.24, 2.45) is 0 Å². The SMILES string of the molecule is C=COC(=O)c1ccccc1.C=Cc1ccccc1C(=O)O. The zero-order valence-electron chi connectivity index (χ0n) is 11.9. The van der Waals surface area contributed by atoms with E-state index in [2.05, 4.69) is 17.9 Å². The van der Waals surface area contributed by atoms with Crippen molar-refractivity contribution in [1.82, 2.24) is 0 Å². The Morgan fingerprint density at radius 2 is 1.55 bits per heavy atom. The molecular weight excluding hydrogens is 280 g/mol. The van der Waals surface area contributed by atoms with Crippen LogP contribution in [-0.2, 0) is 4.74 Å². The lowest BCUT2D eigenvalue weighted by Crippen LogP contribution is -1.98. The normalized spacial score (nSPS) is 8.91. The van der Waals surface area contributed by atoms with Gasteiger partial charge in [0.25, 0.3) is 0 Å². The summed E-state index contributed by atoms with van der Waals surface area (Å²) in [6, 6.07) is 15.5. The number of carbonyl (C=O) groups is 2. The van der Waals surface area contributed by atoms with E-state index in [1.54, 1.807) is 48.5 Å². The first-order chi connectivity index (χ1) is 10.6. The molecule has 2 aromatic rings. The molecule has 0 saturated carbocycles. The Morgan fingerprint density at radius 1 is 0.955 bits per heavy atom. The van der Waals surface area contributed by atoms with Crippen molar-refractivity contribution in [2.45, 2.75) is 0 Å². The second-order valence-electron chi connectivity index (χ2n) is 4.03. The van der Waals surface area contributed by atoms with Crippen LogP contribution in [0.2, 0.25) is 0 Å². The van der Waals surface area contributed by atoms with Crippen LogP contribution in [0.1, 0.15) is 26.3 Å². The highest BCUT2D eigenvalue weighted by Crippen LogP contribution is 2.09. The first-order valence-corrected chi connectivity index (χ1v) is 6.41. The van der Waals surface area contributed by atoms with E-state index in [4.69, 9.17) is 5.11 Å². The van der Waals surface area contributed by atoms with Gasteiger partial charge >= 0.3 is 11.9 Å². The number of esters is 1. The Hall–Kier alpha value is -3.14. The largest absolute Gasteiger partial charge is 0.478 e. The molecule has 2 rings (SSSR count). The molecule has 0 unspecified atom stereocenters. The van der Waals surface area contributed by atoms with Gasteiger partial charge in [-0.3, -0.25) is 0 Å². The van der Waals surface area contributed by atoms with Crippen molar-refractivity contribution in [3.63, 3.8) is 0 Å². The van der Waals surface area contributed by atoms with Gasteiger partial charge in [0.2, 0.25) is 0 Å². The molecule has 0 saturated heterocycles. The molecule has 0 aliphatic carbocycles. The highest BCUT2D eigenvalue weighted by Gasteiger charge is 2.04. The number of carboxylic acid groups (broad SMARTS) is 1. The molecule has 22 heavy (non-hydrogen) atoms. The van der Waals surface area contributed by atoms with Gasteiger partial charge < -0.3 is 9.84 Å². The van der Waals surface area contributed by atoms with E-state index in [1.165, 1.54) is 6.08 Å². The summed E-state index contributed by atoms with van der Waals surface area (Å²) in [7, 11) is 0. The topological polar surface area (TPSA) is 63.6 Å². The molecule has 4 heteroatoms. The Balaban J connectivity index is 0.000000220. The van der Waals surface area contributed by atoms with Crippen LogP contribution in [0, 0.1) is 0 Å². The Bertz CT molecular complexity index is 660. The Labute approximate surface area is 129 Å². The predicted octanol–water partition coefficient (Wildman–Crippen LogP) is 4.01. The average Bonchev–Trinajstić information content (AvgIpc) is 2.56. The molecule has 0 heterocycles. The summed E-state index contributed by atoms with van der Waals surface area (Å²) in [5.74, 6) is -1.29. The van der Waals surface area contributed by atoms with Crippen molar-refractivity contribution in [3.05, 3.63) is 90.7 Å². The van der Waals surface area contributed by atoms with E-state index in [0.717, 1.165) is 6.26 Å². The zero-order valence-corrected chi connectivity index (χ0v) is 11.9. The van der Waals surface area contributed by atoms with Gasteiger partial charge in [0.05, 0.1) is 17.4 Å². The zero-order chi connectivity index (χ0) is 16.4.